The number of rotatable bonds is 9. The highest BCUT2D eigenvalue weighted by atomic mass is 19.2. The molecule has 1 rings (SSSR count). The first-order chi connectivity index (χ1) is 15.2. The van der Waals surface area contributed by atoms with Crippen LogP contribution < -0.4 is 11.1 Å². The zero-order chi connectivity index (χ0) is 25.5. The Hall–Kier alpha value is -2.87. The predicted octanol–water partition coefficient (Wildman–Crippen LogP) is -0.789. The predicted molar refractivity (Wildman–Crippen MR) is 104 cm³/mol. The monoisotopic (exact) mass is 482 g/mol. The molecule has 0 bridgehead atoms. The minimum atomic E-state index is -3.75. The largest absolute Gasteiger partial charge is 0.462 e. The van der Waals surface area contributed by atoms with E-state index in [4.69, 9.17) is 24.7 Å². The zero-order valence-corrected chi connectivity index (χ0v) is 18.8. The van der Waals surface area contributed by atoms with Gasteiger partial charge >= 0.3 is 29.7 Å². The third-order valence-corrected chi connectivity index (χ3v) is 4.45. The molecule has 33 heavy (non-hydrogen) atoms. The van der Waals surface area contributed by atoms with Gasteiger partial charge in [0.1, 0.15) is 12.7 Å². The van der Waals surface area contributed by atoms with Crippen molar-refractivity contribution >= 4 is 29.8 Å². The normalized spacial score (nSPS) is 28.6. The lowest BCUT2D eigenvalue weighted by atomic mass is 9.86. The Morgan fingerprint density at radius 2 is 1.61 bits per heavy atom. The Labute approximate surface area is 188 Å². The van der Waals surface area contributed by atoms with Gasteiger partial charge in [0.2, 0.25) is 5.91 Å². The van der Waals surface area contributed by atoms with Gasteiger partial charge in [0.15, 0.2) is 18.4 Å². The first kappa shape index (κ1) is 28.2. The summed E-state index contributed by atoms with van der Waals surface area (Å²) in [6.45, 7) is 4.35. The van der Waals surface area contributed by atoms with E-state index in [9.17, 15) is 28.4 Å². The van der Waals surface area contributed by atoms with Crippen LogP contribution in [0.25, 0.3) is 0 Å². The third-order valence-electron chi connectivity index (χ3n) is 4.45. The van der Waals surface area contributed by atoms with Crippen LogP contribution >= 0.6 is 0 Å². The minimum Gasteiger partial charge on any atom is -0.462 e. The molecule has 0 radical (unpaired) electrons. The smallest absolute Gasteiger partial charge is 0.375 e. The Bertz CT molecular complexity index is 767. The molecule has 1 fully saturated rings. The van der Waals surface area contributed by atoms with Gasteiger partial charge in [-0.2, -0.15) is 4.39 Å². The van der Waals surface area contributed by atoms with E-state index in [1.807, 2.05) is 0 Å². The molecule has 1 aliphatic rings. The number of nitrogens with two attached hydrogens (primary N) is 1. The molecule has 1 aliphatic heterocycles. The highest BCUT2D eigenvalue weighted by Gasteiger charge is 2.63. The van der Waals surface area contributed by atoms with Gasteiger partial charge < -0.3 is 34.7 Å². The Balaban J connectivity index is 3.57. The molecule has 1 amide bonds. The van der Waals surface area contributed by atoms with Gasteiger partial charge in [-0.3, -0.25) is 19.2 Å². The standard InChI is InChI=1S/C19H28F2N2O10/c1-6-29-18(28)19(21)17(20)13(22)14(23-8(2)24)16(33-19)15(32-11(5)27)12(31-10(4)26)7-30-9(3)25/h12-17H,6-7,22H2,1-5H3,(H,23,24)/t12-,13?,14?,15-,16?,17?,19?/m1/s1. The molecule has 1 saturated heterocycles. The van der Waals surface area contributed by atoms with Crippen molar-refractivity contribution in [2.75, 3.05) is 13.2 Å². The van der Waals surface area contributed by atoms with Gasteiger partial charge in [-0.05, 0) is 6.92 Å². The number of alkyl halides is 2. The lowest BCUT2D eigenvalue weighted by Crippen LogP contribution is -2.74. The van der Waals surface area contributed by atoms with Crippen molar-refractivity contribution in [3.8, 4) is 0 Å². The summed E-state index contributed by atoms with van der Waals surface area (Å²) in [6.07, 6.45) is -8.09. The van der Waals surface area contributed by atoms with Crippen LogP contribution in [0.1, 0.15) is 34.6 Å². The second kappa shape index (κ2) is 11.8. The van der Waals surface area contributed by atoms with Crippen molar-refractivity contribution in [2.24, 2.45) is 5.73 Å². The van der Waals surface area contributed by atoms with Crippen molar-refractivity contribution in [1.29, 1.82) is 0 Å². The average Bonchev–Trinajstić information content (AvgIpc) is 2.69. The molecule has 0 aromatic rings. The van der Waals surface area contributed by atoms with E-state index in [-0.39, 0.29) is 6.61 Å². The fraction of sp³-hybridized carbons (Fsp3) is 0.737. The number of carbonyl (C=O) groups excluding carboxylic acids is 5. The van der Waals surface area contributed by atoms with Crippen LogP contribution in [0.3, 0.4) is 0 Å². The number of halogens is 2. The Kier molecular flexibility index (Phi) is 10.1. The number of nitrogens with one attached hydrogen (secondary N) is 1. The fourth-order valence-corrected chi connectivity index (χ4v) is 3.21. The summed E-state index contributed by atoms with van der Waals surface area (Å²) in [7, 11) is 0. The molecule has 0 saturated carbocycles. The maximum atomic E-state index is 15.5. The third kappa shape index (κ3) is 7.32. The lowest BCUT2D eigenvalue weighted by Gasteiger charge is -2.47. The van der Waals surface area contributed by atoms with E-state index in [2.05, 4.69) is 10.1 Å². The average molecular weight is 482 g/mol. The summed E-state index contributed by atoms with van der Waals surface area (Å²) in [5.41, 5.74) is 5.81. The molecule has 0 spiro atoms. The Morgan fingerprint density at radius 1 is 1.03 bits per heavy atom. The van der Waals surface area contributed by atoms with Crippen LogP contribution in [-0.2, 0) is 47.7 Å². The van der Waals surface area contributed by atoms with Crippen molar-refractivity contribution < 1.29 is 56.4 Å². The van der Waals surface area contributed by atoms with Gasteiger partial charge in [-0.15, -0.1) is 0 Å². The second-order valence-electron chi connectivity index (χ2n) is 7.18. The van der Waals surface area contributed by atoms with Gasteiger partial charge in [0.25, 0.3) is 0 Å². The number of amides is 1. The van der Waals surface area contributed by atoms with Gasteiger partial charge in [0.05, 0.1) is 18.7 Å². The van der Waals surface area contributed by atoms with Gasteiger partial charge in [-0.25, -0.2) is 9.18 Å². The zero-order valence-electron chi connectivity index (χ0n) is 18.8. The first-order valence-corrected chi connectivity index (χ1v) is 9.93. The molecule has 14 heteroatoms. The quantitative estimate of drug-likeness (QED) is 0.312. The van der Waals surface area contributed by atoms with Crippen molar-refractivity contribution in [1.82, 2.24) is 5.32 Å². The van der Waals surface area contributed by atoms with Gasteiger partial charge in [-0.1, -0.05) is 0 Å². The van der Waals surface area contributed by atoms with Crippen molar-refractivity contribution in [3.63, 3.8) is 0 Å². The van der Waals surface area contributed by atoms with E-state index in [1.54, 1.807) is 0 Å². The van der Waals surface area contributed by atoms with Crippen LogP contribution in [0.5, 0.6) is 0 Å². The number of esters is 4. The topological polar surface area (TPSA) is 170 Å². The summed E-state index contributed by atoms with van der Waals surface area (Å²) < 4.78 is 55.1. The molecule has 7 atom stereocenters. The molecule has 3 N–H and O–H groups in total. The fourth-order valence-electron chi connectivity index (χ4n) is 3.21. The van der Waals surface area contributed by atoms with Crippen LogP contribution in [0.4, 0.5) is 8.78 Å². The molecule has 5 unspecified atom stereocenters. The summed E-state index contributed by atoms with van der Waals surface area (Å²) in [6, 6.07) is -3.47. The summed E-state index contributed by atoms with van der Waals surface area (Å²) in [5.74, 6) is -8.95. The highest BCUT2D eigenvalue weighted by Crippen LogP contribution is 2.37. The molecule has 188 valence electrons. The van der Waals surface area contributed by atoms with Crippen LogP contribution in [0.2, 0.25) is 0 Å². The van der Waals surface area contributed by atoms with Crippen LogP contribution in [0, 0.1) is 0 Å². The maximum absolute atomic E-state index is 15.5. The summed E-state index contributed by atoms with van der Waals surface area (Å²) >= 11 is 0. The van der Waals surface area contributed by atoms with E-state index in [0.29, 0.717) is 0 Å². The summed E-state index contributed by atoms with van der Waals surface area (Å²) in [4.78, 5) is 58.6. The SMILES string of the molecule is CCOC(=O)C1(F)OC([C@H](OC(C)=O)[C@@H](COC(C)=O)OC(C)=O)C(NC(C)=O)C(N)C1F. The molecule has 1 heterocycles. The number of ether oxygens (including phenoxy) is 5. The number of hydrogen-bond donors (Lipinski definition) is 2. The van der Waals surface area contributed by atoms with Gasteiger partial charge in [0, 0.05) is 27.7 Å². The number of carbonyl (C=O) groups is 5. The molecule has 0 aromatic carbocycles. The van der Waals surface area contributed by atoms with Crippen LogP contribution in [0.15, 0.2) is 0 Å². The second-order valence-corrected chi connectivity index (χ2v) is 7.18. The van der Waals surface area contributed by atoms with Crippen molar-refractivity contribution in [2.45, 2.75) is 77.0 Å². The molecular weight excluding hydrogens is 454 g/mol. The van der Waals surface area contributed by atoms with E-state index in [0.717, 1.165) is 27.7 Å². The highest BCUT2D eigenvalue weighted by molar-refractivity contribution is 5.79. The minimum absolute atomic E-state index is 0.328. The molecule has 0 aromatic heterocycles. The molecule has 12 nitrogen and oxygen atoms in total. The van der Waals surface area contributed by atoms with E-state index in [1.165, 1.54) is 6.92 Å². The first-order valence-electron chi connectivity index (χ1n) is 9.93. The van der Waals surface area contributed by atoms with Crippen LogP contribution in [-0.4, -0.2) is 85.4 Å². The molecule has 0 aliphatic carbocycles. The summed E-state index contributed by atoms with van der Waals surface area (Å²) in [5, 5.41) is 2.26. The molecular formula is C19H28F2N2O10. The van der Waals surface area contributed by atoms with Crippen molar-refractivity contribution in [3.05, 3.63) is 0 Å². The maximum Gasteiger partial charge on any atom is 0.375 e. The van der Waals surface area contributed by atoms with E-state index >= 15 is 4.39 Å². The Morgan fingerprint density at radius 3 is 2.06 bits per heavy atom. The number of hydrogen-bond acceptors (Lipinski definition) is 11. The van der Waals surface area contributed by atoms with E-state index < -0.39 is 78.8 Å². The lowest BCUT2D eigenvalue weighted by molar-refractivity contribution is -0.281.